The number of pyridine rings is 1. The summed E-state index contributed by atoms with van der Waals surface area (Å²) in [6.07, 6.45) is 1.50. The van der Waals surface area contributed by atoms with Gasteiger partial charge in [-0.15, -0.1) is 5.10 Å². The highest BCUT2D eigenvalue weighted by Gasteiger charge is 2.44. The van der Waals surface area contributed by atoms with Crippen LogP contribution in [0.1, 0.15) is 23.8 Å². The summed E-state index contributed by atoms with van der Waals surface area (Å²) in [6, 6.07) is 6.15. The van der Waals surface area contributed by atoms with Gasteiger partial charge in [0.05, 0.1) is 24.4 Å². The topological polar surface area (TPSA) is 112 Å². The second-order valence-corrected chi connectivity index (χ2v) is 11.7. The molecule has 2 aromatic heterocycles. The molecule has 1 amide bonds. The summed E-state index contributed by atoms with van der Waals surface area (Å²) >= 11 is 10.5. The van der Waals surface area contributed by atoms with Crippen molar-refractivity contribution >= 4 is 50.9 Å². The van der Waals surface area contributed by atoms with E-state index in [0.717, 1.165) is 6.42 Å². The van der Waals surface area contributed by atoms with Crippen LogP contribution >= 0.6 is 39.3 Å². The lowest BCUT2D eigenvalue weighted by molar-refractivity contribution is -0.0883. The zero-order valence-corrected chi connectivity index (χ0v) is 24.9. The predicted octanol–water partition coefficient (Wildman–Crippen LogP) is 4.47. The van der Waals surface area contributed by atoms with Gasteiger partial charge in [-0.05, 0) is 47.5 Å². The Bertz CT molecular complexity index is 1450. The molecule has 3 unspecified atom stereocenters. The first-order valence-corrected chi connectivity index (χ1v) is 14.4. The van der Waals surface area contributed by atoms with Gasteiger partial charge in [-0.2, -0.15) is 0 Å². The molecule has 0 aliphatic carbocycles. The summed E-state index contributed by atoms with van der Waals surface area (Å²) in [4.78, 5) is 19.8. The van der Waals surface area contributed by atoms with Crippen LogP contribution in [0.3, 0.4) is 0 Å². The van der Waals surface area contributed by atoms with Gasteiger partial charge in [0.2, 0.25) is 0 Å². The van der Waals surface area contributed by atoms with Crippen LogP contribution in [0.2, 0.25) is 5.02 Å². The van der Waals surface area contributed by atoms with E-state index in [0.29, 0.717) is 50.9 Å². The Morgan fingerprint density at radius 1 is 1.32 bits per heavy atom. The SMILES string of the molecule is COC1=C(n2cc(-c3ccc(Cl)c(F)c3)nn2)C(OC)[C@@H](Sc2cc(Br)cnc2C(=O)N2CCC2)OC1C(C)O. The first-order chi connectivity index (χ1) is 19.2. The lowest BCUT2D eigenvalue weighted by atomic mass is 10.1. The number of aromatic nitrogens is 4. The molecular formula is C26H26BrClFN5O5S. The van der Waals surface area contributed by atoms with Crippen LogP contribution in [-0.4, -0.2) is 86.9 Å². The maximum atomic E-state index is 14.1. The first-order valence-electron chi connectivity index (χ1n) is 12.4. The standard InChI is InChI=1S/C26H26BrClFN5O5S/c1-13(35)22-23(37-2)21(34-12-18(31-32-34)14-5-6-16(28)17(29)9-14)24(38-3)26(39-22)40-19-10-15(27)11-30-20(19)25(36)33-7-4-8-33/h5-6,9-13,22,24,26,35H,4,7-8H2,1-3H3/t13?,22?,24?,26-/m1/s1. The summed E-state index contributed by atoms with van der Waals surface area (Å²) in [5, 5.41) is 19.1. The number of methoxy groups -OCH3 is 2. The number of benzene rings is 1. The number of likely N-dealkylation sites (tertiary alicyclic amines) is 1. The molecule has 212 valence electrons. The van der Waals surface area contributed by atoms with Crippen molar-refractivity contribution in [3.05, 3.63) is 63.4 Å². The van der Waals surface area contributed by atoms with E-state index >= 15 is 0 Å². The van der Waals surface area contributed by atoms with E-state index in [9.17, 15) is 14.3 Å². The second kappa shape index (κ2) is 12.1. The maximum Gasteiger partial charge on any atom is 0.273 e. The number of carbonyl (C=O) groups is 1. The van der Waals surface area contributed by atoms with Crippen molar-refractivity contribution in [2.75, 3.05) is 27.3 Å². The van der Waals surface area contributed by atoms with E-state index in [1.807, 2.05) is 0 Å². The molecule has 1 aromatic carbocycles. The highest BCUT2D eigenvalue weighted by atomic mass is 79.9. The third-order valence-electron chi connectivity index (χ3n) is 6.58. The van der Waals surface area contributed by atoms with Gasteiger partial charge in [-0.3, -0.25) is 4.79 Å². The normalized spacial score (nSPS) is 21.8. The maximum absolute atomic E-state index is 14.1. The highest BCUT2D eigenvalue weighted by molar-refractivity contribution is 9.10. The van der Waals surface area contributed by atoms with Crippen LogP contribution in [0.5, 0.6) is 0 Å². The summed E-state index contributed by atoms with van der Waals surface area (Å²) < 4.78 is 34.2. The summed E-state index contributed by atoms with van der Waals surface area (Å²) in [5.41, 5.74) is 0.845. The van der Waals surface area contributed by atoms with Crippen molar-refractivity contribution < 1.29 is 28.5 Å². The number of halogens is 3. The molecule has 1 N–H and O–H groups in total. The molecule has 3 aromatic rings. The van der Waals surface area contributed by atoms with Gasteiger partial charge in [0, 0.05) is 41.3 Å². The zero-order valence-electron chi connectivity index (χ0n) is 21.8. The van der Waals surface area contributed by atoms with Gasteiger partial charge in [0.15, 0.2) is 5.76 Å². The fourth-order valence-corrected chi connectivity index (χ4v) is 6.27. The smallest absolute Gasteiger partial charge is 0.273 e. The fourth-order valence-electron chi connectivity index (χ4n) is 4.44. The number of nitrogens with zero attached hydrogens (tertiary/aromatic N) is 5. The molecule has 1 saturated heterocycles. The van der Waals surface area contributed by atoms with Crippen molar-refractivity contribution in [1.29, 1.82) is 0 Å². The van der Waals surface area contributed by atoms with Gasteiger partial charge in [-0.1, -0.05) is 34.6 Å². The molecule has 4 atom stereocenters. The van der Waals surface area contributed by atoms with Gasteiger partial charge >= 0.3 is 0 Å². The molecule has 4 heterocycles. The zero-order chi connectivity index (χ0) is 28.6. The molecule has 0 bridgehead atoms. The Labute approximate surface area is 247 Å². The molecule has 0 spiro atoms. The summed E-state index contributed by atoms with van der Waals surface area (Å²) in [6.45, 7) is 2.95. The minimum atomic E-state index is -0.970. The Morgan fingerprint density at radius 3 is 2.73 bits per heavy atom. The van der Waals surface area contributed by atoms with Crippen LogP contribution in [0, 0.1) is 5.82 Å². The minimum absolute atomic E-state index is 0.00182. The fraction of sp³-hybridized carbons (Fsp3) is 0.385. The van der Waals surface area contributed by atoms with E-state index in [1.54, 1.807) is 36.4 Å². The van der Waals surface area contributed by atoms with Crippen LogP contribution in [0.4, 0.5) is 4.39 Å². The predicted molar refractivity (Wildman–Crippen MR) is 150 cm³/mol. The molecule has 40 heavy (non-hydrogen) atoms. The Kier molecular flexibility index (Phi) is 8.78. The number of thioether (sulfide) groups is 1. The number of hydrogen-bond donors (Lipinski definition) is 1. The van der Waals surface area contributed by atoms with Crippen molar-refractivity contribution in [3.8, 4) is 11.3 Å². The number of aliphatic hydroxyl groups is 1. The van der Waals surface area contributed by atoms with Gasteiger partial charge in [-0.25, -0.2) is 14.1 Å². The Hall–Kier alpha value is -2.55. The number of ether oxygens (including phenoxy) is 3. The second-order valence-electron chi connectivity index (χ2n) is 9.22. The van der Waals surface area contributed by atoms with Crippen molar-refractivity contribution in [3.63, 3.8) is 0 Å². The van der Waals surface area contributed by atoms with Gasteiger partial charge in [0.1, 0.15) is 40.5 Å². The number of carbonyl (C=O) groups excluding carboxylic acids is 1. The van der Waals surface area contributed by atoms with Gasteiger partial charge < -0.3 is 24.2 Å². The van der Waals surface area contributed by atoms with Crippen LogP contribution in [-0.2, 0) is 14.2 Å². The Balaban J connectivity index is 1.54. The van der Waals surface area contributed by atoms with Crippen LogP contribution < -0.4 is 0 Å². The molecule has 0 saturated carbocycles. The molecule has 0 radical (unpaired) electrons. The molecule has 14 heteroatoms. The number of amides is 1. The van der Waals surface area contributed by atoms with Crippen LogP contribution in [0.15, 0.2) is 51.8 Å². The third kappa shape index (κ3) is 5.63. The van der Waals surface area contributed by atoms with E-state index in [2.05, 4.69) is 31.2 Å². The van der Waals surface area contributed by atoms with Gasteiger partial charge in [0.25, 0.3) is 5.91 Å². The molecule has 2 aliphatic rings. The highest BCUT2D eigenvalue weighted by Crippen LogP contribution is 2.41. The third-order valence-corrected chi connectivity index (χ3v) is 8.48. The summed E-state index contributed by atoms with van der Waals surface area (Å²) in [7, 11) is 2.97. The molecular weight excluding hydrogens is 629 g/mol. The minimum Gasteiger partial charge on any atom is -0.496 e. The Morgan fingerprint density at radius 2 is 2.10 bits per heavy atom. The molecule has 2 aliphatic heterocycles. The van der Waals surface area contributed by atoms with Crippen molar-refractivity contribution in [1.82, 2.24) is 24.9 Å². The molecule has 5 rings (SSSR count). The summed E-state index contributed by atoms with van der Waals surface area (Å²) in [5.74, 6) is -0.451. The lowest BCUT2D eigenvalue weighted by Crippen LogP contribution is -2.46. The molecule has 10 nitrogen and oxygen atoms in total. The molecule has 1 fully saturated rings. The largest absolute Gasteiger partial charge is 0.496 e. The van der Waals surface area contributed by atoms with Crippen LogP contribution in [0.25, 0.3) is 17.0 Å². The average Bonchev–Trinajstić information content (AvgIpc) is 3.38. The average molecular weight is 655 g/mol. The van der Waals surface area contributed by atoms with E-state index in [-0.39, 0.29) is 10.9 Å². The van der Waals surface area contributed by atoms with Crippen molar-refractivity contribution in [2.45, 2.75) is 42.0 Å². The number of rotatable bonds is 8. The number of hydrogen-bond acceptors (Lipinski definition) is 9. The van der Waals surface area contributed by atoms with Crippen molar-refractivity contribution in [2.24, 2.45) is 0 Å². The first kappa shape index (κ1) is 29.0. The monoisotopic (exact) mass is 653 g/mol. The van der Waals surface area contributed by atoms with E-state index in [4.69, 9.17) is 25.8 Å². The quantitative estimate of drug-likeness (QED) is 0.376. The number of aliphatic hydroxyl groups excluding tert-OH is 1. The van der Waals surface area contributed by atoms with E-state index in [1.165, 1.54) is 42.8 Å². The lowest BCUT2D eigenvalue weighted by Gasteiger charge is -2.38. The van der Waals surface area contributed by atoms with E-state index < -0.39 is 29.6 Å².